The Morgan fingerprint density at radius 1 is 1.38 bits per heavy atom. The van der Waals surface area contributed by atoms with E-state index < -0.39 is 0 Å². The highest BCUT2D eigenvalue weighted by Crippen LogP contribution is 2.22. The van der Waals surface area contributed by atoms with Gasteiger partial charge in [0.25, 0.3) is 0 Å². The molecule has 3 heteroatoms. The summed E-state index contributed by atoms with van der Waals surface area (Å²) in [6.07, 6.45) is 2.48. The number of nitrogens with zero attached hydrogens (tertiary/aromatic N) is 1. The van der Waals surface area contributed by atoms with E-state index in [9.17, 15) is 0 Å². The normalized spacial score (nSPS) is 16.1. The molecule has 1 N–H and O–H groups in total. The average Bonchev–Trinajstić information content (AvgIpc) is 2.66. The van der Waals surface area contributed by atoms with Crippen molar-refractivity contribution in [3.8, 4) is 0 Å². The monoisotopic (exact) mass is 240 g/mol. The van der Waals surface area contributed by atoms with E-state index in [-0.39, 0.29) is 0 Å². The van der Waals surface area contributed by atoms with E-state index in [1.807, 2.05) is 5.51 Å². The maximum atomic E-state index is 4.33. The largest absolute Gasteiger partial charge is 0.306 e. The maximum Gasteiger partial charge on any atom is 0.0795 e. The van der Waals surface area contributed by atoms with Crippen molar-refractivity contribution in [2.24, 2.45) is 5.41 Å². The molecule has 0 bridgehead atoms. The molecular formula is C13H24N2S. The van der Waals surface area contributed by atoms with Gasteiger partial charge in [-0.3, -0.25) is 0 Å². The van der Waals surface area contributed by atoms with E-state index in [0.717, 1.165) is 5.69 Å². The Morgan fingerprint density at radius 2 is 2.06 bits per heavy atom. The molecule has 2 atom stereocenters. The lowest BCUT2D eigenvalue weighted by molar-refractivity contribution is 0.327. The van der Waals surface area contributed by atoms with E-state index in [1.54, 1.807) is 11.3 Å². The molecule has 0 saturated carbocycles. The Labute approximate surface area is 103 Å². The van der Waals surface area contributed by atoms with E-state index >= 15 is 0 Å². The molecule has 1 rings (SSSR count). The molecule has 0 aliphatic heterocycles. The predicted octanol–water partition coefficient (Wildman–Crippen LogP) is 4.01. The number of nitrogens with one attached hydrogen (secondary N) is 1. The first kappa shape index (κ1) is 13.7. The molecule has 1 aromatic rings. The number of hydrogen-bond donors (Lipinski definition) is 1. The van der Waals surface area contributed by atoms with Crippen LogP contribution >= 0.6 is 11.3 Å². The Bertz CT molecular complexity index is 287. The van der Waals surface area contributed by atoms with Gasteiger partial charge in [-0.1, -0.05) is 20.8 Å². The maximum absolute atomic E-state index is 4.33. The molecule has 2 nitrogen and oxygen atoms in total. The van der Waals surface area contributed by atoms with Crippen LogP contribution in [0.3, 0.4) is 0 Å². The summed E-state index contributed by atoms with van der Waals surface area (Å²) in [5.41, 5.74) is 3.49. The van der Waals surface area contributed by atoms with Gasteiger partial charge in [-0.15, -0.1) is 11.3 Å². The van der Waals surface area contributed by atoms with Gasteiger partial charge in [0.05, 0.1) is 11.2 Å². The summed E-state index contributed by atoms with van der Waals surface area (Å²) >= 11 is 1.66. The van der Waals surface area contributed by atoms with Crippen LogP contribution < -0.4 is 5.32 Å². The highest BCUT2D eigenvalue weighted by atomic mass is 32.1. The van der Waals surface area contributed by atoms with Gasteiger partial charge in [0.15, 0.2) is 0 Å². The summed E-state index contributed by atoms with van der Waals surface area (Å²) in [4.78, 5) is 4.33. The highest BCUT2D eigenvalue weighted by Gasteiger charge is 2.15. The SMILES string of the molecule is CC(CCC(C)(C)C)NC(C)c1cscn1. The van der Waals surface area contributed by atoms with E-state index in [0.29, 0.717) is 17.5 Å². The second-order valence-corrected chi connectivity index (χ2v) is 6.52. The van der Waals surface area contributed by atoms with Gasteiger partial charge in [0, 0.05) is 17.5 Å². The lowest BCUT2D eigenvalue weighted by Gasteiger charge is -2.23. The quantitative estimate of drug-likeness (QED) is 0.841. The van der Waals surface area contributed by atoms with Gasteiger partial charge in [-0.25, -0.2) is 4.98 Å². The number of rotatable bonds is 5. The molecule has 0 fully saturated rings. The van der Waals surface area contributed by atoms with Crippen molar-refractivity contribution >= 4 is 11.3 Å². The van der Waals surface area contributed by atoms with Crippen molar-refractivity contribution in [1.82, 2.24) is 10.3 Å². The topological polar surface area (TPSA) is 24.9 Å². The number of aromatic nitrogens is 1. The van der Waals surface area contributed by atoms with E-state index in [1.165, 1.54) is 12.8 Å². The molecule has 0 aliphatic carbocycles. The molecule has 0 spiro atoms. The standard InChI is InChI=1S/C13H24N2S/c1-10(6-7-13(3,4)5)15-11(2)12-8-16-9-14-12/h8-11,15H,6-7H2,1-5H3. The van der Waals surface area contributed by atoms with E-state index in [2.05, 4.69) is 50.3 Å². The minimum Gasteiger partial charge on any atom is -0.306 e. The van der Waals surface area contributed by atoms with Crippen molar-refractivity contribution < 1.29 is 0 Å². The number of thiazole rings is 1. The molecule has 0 aromatic carbocycles. The first-order valence-corrected chi connectivity index (χ1v) is 6.97. The molecule has 0 saturated heterocycles. The van der Waals surface area contributed by atoms with Crippen LogP contribution in [0, 0.1) is 5.41 Å². The van der Waals surface area contributed by atoms with E-state index in [4.69, 9.17) is 0 Å². The third-order valence-electron chi connectivity index (χ3n) is 2.76. The molecule has 1 aromatic heterocycles. The first-order valence-electron chi connectivity index (χ1n) is 6.02. The van der Waals surface area contributed by atoms with Crippen LogP contribution in [0.25, 0.3) is 0 Å². The minimum absolute atomic E-state index is 0.362. The lowest BCUT2D eigenvalue weighted by atomic mass is 9.89. The Hall–Kier alpha value is -0.410. The van der Waals surface area contributed by atoms with Crippen LogP contribution in [0.4, 0.5) is 0 Å². The summed E-state index contributed by atoms with van der Waals surface area (Å²) in [5, 5.41) is 5.72. The van der Waals surface area contributed by atoms with Crippen LogP contribution in [0.2, 0.25) is 0 Å². The van der Waals surface area contributed by atoms with Crippen molar-refractivity contribution in [2.45, 2.75) is 59.5 Å². The van der Waals surface area contributed by atoms with Gasteiger partial charge < -0.3 is 5.32 Å². The predicted molar refractivity (Wildman–Crippen MR) is 71.8 cm³/mol. The lowest BCUT2D eigenvalue weighted by Crippen LogP contribution is -2.30. The highest BCUT2D eigenvalue weighted by molar-refractivity contribution is 7.07. The summed E-state index contributed by atoms with van der Waals surface area (Å²) in [6.45, 7) is 11.3. The Kier molecular flexibility index (Phi) is 4.93. The van der Waals surface area contributed by atoms with Gasteiger partial charge >= 0.3 is 0 Å². The Balaban J connectivity index is 2.32. The molecule has 0 radical (unpaired) electrons. The van der Waals surface area contributed by atoms with Gasteiger partial charge in [0.1, 0.15) is 0 Å². The number of hydrogen-bond acceptors (Lipinski definition) is 3. The van der Waals surface area contributed by atoms with Crippen LogP contribution in [-0.2, 0) is 0 Å². The third-order valence-corrected chi connectivity index (χ3v) is 3.36. The molecule has 0 aliphatic rings. The fourth-order valence-corrected chi connectivity index (χ4v) is 2.33. The fourth-order valence-electron chi connectivity index (χ4n) is 1.68. The van der Waals surface area contributed by atoms with Crippen molar-refractivity contribution in [1.29, 1.82) is 0 Å². The van der Waals surface area contributed by atoms with Gasteiger partial charge in [-0.05, 0) is 32.1 Å². The smallest absolute Gasteiger partial charge is 0.0795 e. The molecule has 16 heavy (non-hydrogen) atoms. The molecular weight excluding hydrogens is 216 g/mol. The zero-order valence-electron chi connectivity index (χ0n) is 11.1. The van der Waals surface area contributed by atoms with Crippen LogP contribution in [0.1, 0.15) is 59.2 Å². The van der Waals surface area contributed by atoms with Crippen molar-refractivity contribution in [3.63, 3.8) is 0 Å². The van der Waals surface area contributed by atoms with Gasteiger partial charge in [-0.2, -0.15) is 0 Å². The summed E-state index contributed by atoms with van der Waals surface area (Å²) < 4.78 is 0. The Morgan fingerprint density at radius 3 is 2.56 bits per heavy atom. The van der Waals surface area contributed by atoms with Gasteiger partial charge in [0.2, 0.25) is 0 Å². The summed E-state index contributed by atoms with van der Waals surface area (Å²) in [7, 11) is 0. The average molecular weight is 240 g/mol. The second-order valence-electron chi connectivity index (χ2n) is 5.80. The minimum atomic E-state index is 0.362. The van der Waals surface area contributed by atoms with Crippen LogP contribution in [0.15, 0.2) is 10.9 Å². The van der Waals surface area contributed by atoms with Crippen LogP contribution in [0.5, 0.6) is 0 Å². The zero-order chi connectivity index (χ0) is 12.2. The second kappa shape index (κ2) is 5.78. The first-order chi connectivity index (χ1) is 7.38. The third kappa shape index (κ3) is 5.08. The fraction of sp³-hybridized carbons (Fsp3) is 0.769. The van der Waals surface area contributed by atoms with Crippen LogP contribution in [-0.4, -0.2) is 11.0 Å². The summed E-state index contributed by atoms with van der Waals surface area (Å²) in [6, 6.07) is 0.914. The molecule has 0 amide bonds. The molecule has 1 heterocycles. The molecule has 2 unspecified atom stereocenters. The summed E-state index contributed by atoms with van der Waals surface area (Å²) in [5.74, 6) is 0. The van der Waals surface area contributed by atoms with Crippen molar-refractivity contribution in [2.75, 3.05) is 0 Å². The van der Waals surface area contributed by atoms with Crippen molar-refractivity contribution in [3.05, 3.63) is 16.6 Å². The molecule has 92 valence electrons. The zero-order valence-corrected chi connectivity index (χ0v) is 11.9.